The van der Waals surface area contributed by atoms with Crippen molar-refractivity contribution in [2.75, 3.05) is 19.8 Å². The van der Waals surface area contributed by atoms with Crippen LogP contribution in [-0.2, 0) is 4.74 Å². The molecule has 0 aliphatic heterocycles. The molecule has 1 heterocycles. The maximum Gasteiger partial charge on any atom is 0.437 e. The van der Waals surface area contributed by atoms with E-state index in [1.54, 1.807) is 39.7 Å². The van der Waals surface area contributed by atoms with Crippen LogP contribution in [0.4, 0.5) is 9.59 Å². The van der Waals surface area contributed by atoms with E-state index in [1.165, 1.54) is 35.5 Å². The van der Waals surface area contributed by atoms with Crippen LogP contribution in [0, 0.1) is 0 Å². The largest absolute Gasteiger partial charge is 0.445 e. The molecule has 1 rings (SSSR count). The van der Waals surface area contributed by atoms with Gasteiger partial charge in [-0.1, -0.05) is 49.3 Å². The Kier molecular flexibility index (Phi) is 9.05. The Bertz CT molecular complexity index is 608. The first-order valence-electron chi connectivity index (χ1n) is 8.05. The fourth-order valence-electron chi connectivity index (χ4n) is 1.64. The van der Waals surface area contributed by atoms with Crippen LogP contribution in [0.5, 0.6) is 0 Å². The molecule has 0 aromatic carbocycles. The topological polar surface area (TPSA) is 76.8 Å². The molecule has 136 valence electrons. The molecule has 1 aromatic rings. The van der Waals surface area contributed by atoms with Crippen molar-refractivity contribution in [3.05, 3.63) is 4.80 Å². The van der Waals surface area contributed by atoms with E-state index in [-0.39, 0.29) is 10.9 Å². The zero-order valence-electron chi connectivity index (χ0n) is 14.9. The van der Waals surface area contributed by atoms with Crippen LogP contribution in [0.25, 0.3) is 0 Å². The molecule has 0 aliphatic rings. The number of thioether (sulfide) groups is 1. The molecule has 0 spiro atoms. The summed E-state index contributed by atoms with van der Waals surface area (Å²) in [6.07, 6.45) is 3.80. The van der Waals surface area contributed by atoms with Crippen LogP contribution in [0.1, 0.15) is 46.5 Å². The van der Waals surface area contributed by atoms with Crippen molar-refractivity contribution >= 4 is 35.2 Å². The number of rotatable bonds is 7. The molecule has 24 heavy (non-hydrogen) atoms. The Morgan fingerprint density at radius 3 is 2.62 bits per heavy atom. The van der Waals surface area contributed by atoms with Gasteiger partial charge in [-0.25, -0.2) is 9.59 Å². The number of unbranched alkanes of at least 4 members (excludes halogenated alkanes) is 3. The van der Waals surface area contributed by atoms with Crippen LogP contribution < -0.4 is 4.80 Å². The van der Waals surface area contributed by atoms with Crippen LogP contribution in [0.15, 0.2) is 9.33 Å². The smallest absolute Gasteiger partial charge is 0.437 e. The average Bonchev–Trinajstić information content (AvgIpc) is 2.89. The molecule has 0 aliphatic carbocycles. The molecule has 0 radical (unpaired) electrons. The summed E-state index contributed by atoms with van der Waals surface area (Å²) < 4.78 is 6.94. The Labute approximate surface area is 151 Å². The van der Waals surface area contributed by atoms with E-state index in [9.17, 15) is 9.59 Å². The Morgan fingerprint density at radius 1 is 1.33 bits per heavy atom. The molecular weight excluding hydrogens is 348 g/mol. The van der Waals surface area contributed by atoms with Crippen molar-refractivity contribution in [1.29, 1.82) is 0 Å². The van der Waals surface area contributed by atoms with Crippen molar-refractivity contribution in [2.24, 2.45) is 4.99 Å². The molecule has 0 fully saturated rings. The predicted molar refractivity (Wildman–Crippen MR) is 96.6 cm³/mol. The molecule has 0 unspecified atom stereocenters. The highest BCUT2D eigenvalue weighted by atomic mass is 32.2. The van der Waals surface area contributed by atoms with Crippen LogP contribution in [0.2, 0.25) is 0 Å². The van der Waals surface area contributed by atoms with E-state index in [4.69, 9.17) is 4.74 Å². The third-order valence-corrected chi connectivity index (χ3v) is 4.98. The highest BCUT2D eigenvalue weighted by Gasteiger charge is 2.16. The summed E-state index contributed by atoms with van der Waals surface area (Å²) >= 11 is 2.80. The van der Waals surface area contributed by atoms with Gasteiger partial charge in [0.15, 0.2) is 4.34 Å². The van der Waals surface area contributed by atoms with Gasteiger partial charge in [0.2, 0.25) is 4.80 Å². The summed E-state index contributed by atoms with van der Waals surface area (Å²) in [5.74, 6) is 0.924. The second-order valence-corrected chi connectivity index (χ2v) is 7.99. The number of urea groups is 1. The fraction of sp³-hybridized carbons (Fsp3) is 0.733. The zero-order valence-corrected chi connectivity index (χ0v) is 16.6. The van der Waals surface area contributed by atoms with Gasteiger partial charge in [-0.05, 0) is 20.3 Å². The minimum absolute atomic E-state index is 0.232. The molecule has 0 atom stereocenters. The normalized spacial score (nSPS) is 11.8. The molecule has 1 aromatic heterocycles. The third-order valence-electron chi connectivity index (χ3n) is 2.85. The summed E-state index contributed by atoms with van der Waals surface area (Å²) in [7, 11) is 3.21. The van der Waals surface area contributed by atoms with E-state index in [0.717, 1.165) is 16.9 Å². The van der Waals surface area contributed by atoms with E-state index >= 15 is 0 Å². The van der Waals surface area contributed by atoms with Gasteiger partial charge >= 0.3 is 12.1 Å². The van der Waals surface area contributed by atoms with Gasteiger partial charge in [0.25, 0.3) is 0 Å². The molecule has 0 saturated heterocycles. The van der Waals surface area contributed by atoms with Gasteiger partial charge in [-0.2, -0.15) is 4.99 Å². The van der Waals surface area contributed by atoms with Gasteiger partial charge < -0.3 is 9.64 Å². The summed E-state index contributed by atoms with van der Waals surface area (Å²) in [5, 5.41) is 4.25. The fourth-order valence-corrected chi connectivity index (χ4v) is 3.61. The van der Waals surface area contributed by atoms with E-state index in [2.05, 4.69) is 17.0 Å². The maximum absolute atomic E-state index is 12.1. The number of carbonyl (C=O) groups is 2. The van der Waals surface area contributed by atoms with E-state index in [0.29, 0.717) is 4.34 Å². The molecule has 9 heteroatoms. The summed E-state index contributed by atoms with van der Waals surface area (Å²) in [6.45, 7) is 5.69. The highest BCUT2D eigenvalue weighted by molar-refractivity contribution is 8.00. The van der Waals surface area contributed by atoms with Crippen LogP contribution in [0.3, 0.4) is 0 Å². The van der Waals surface area contributed by atoms with Crippen LogP contribution in [-0.4, -0.2) is 52.8 Å². The lowest BCUT2D eigenvalue weighted by molar-refractivity contribution is 0.113. The van der Waals surface area contributed by atoms with E-state index in [1.807, 2.05) is 0 Å². The molecule has 0 N–H and O–H groups in total. The maximum atomic E-state index is 12.1. The standard InChI is InChI=1S/C15H26N4O3S2/c1-6-7-8-9-10-23-14-17-19(15(21)22-11(2)3)13(24-14)16-12(20)18(4)5/h11H,6-10H2,1-5H3. The Hall–Kier alpha value is -1.35. The number of carbonyl (C=O) groups excluding carboxylic acids is 2. The van der Waals surface area contributed by atoms with Gasteiger partial charge in [-0.3, -0.25) is 0 Å². The lowest BCUT2D eigenvalue weighted by Gasteiger charge is -2.07. The molecule has 0 saturated carbocycles. The number of nitrogens with zero attached hydrogens (tertiary/aromatic N) is 4. The first-order chi connectivity index (χ1) is 11.3. The first kappa shape index (κ1) is 20.7. The second-order valence-electron chi connectivity index (χ2n) is 5.69. The van der Waals surface area contributed by atoms with E-state index < -0.39 is 12.1 Å². The SMILES string of the molecule is CCCCCCSc1nn(C(=O)OC(C)C)c(=NC(=O)N(C)C)s1. The monoisotopic (exact) mass is 374 g/mol. The van der Waals surface area contributed by atoms with Crippen molar-refractivity contribution in [3.8, 4) is 0 Å². The van der Waals surface area contributed by atoms with Gasteiger partial charge in [0.1, 0.15) is 0 Å². The van der Waals surface area contributed by atoms with Crippen molar-refractivity contribution in [2.45, 2.75) is 56.9 Å². The lowest BCUT2D eigenvalue weighted by atomic mass is 10.2. The predicted octanol–water partition coefficient (Wildman–Crippen LogP) is 3.59. The van der Waals surface area contributed by atoms with Crippen molar-refractivity contribution < 1.29 is 14.3 Å². The zero-order chi connectivity index (χ0) is 18.1. The third kappa shape index (κ3) is 7.04. The van der Waals surface area contributed by atoms with Crippen molar-refractivity contribution in [3.63, 3.8) is 0 Å². The molecule has 2 amide bonds. The lowest BCUT2D eigenvalue weighted by Crippen LogP contribution is -2.30. The number of hydrogen-bond donors (Lipinski definition) is 0. The Morgan fingerprint density at radius 2 is 2.04 bits per heavy atom. The summed E-state index contributed by atoms with van der Waals surface area (Å²) in [6, 6.07) is -0.441. The average molecular weight is 375 g/mol. The second kappa shape index (κ2) is 10.5. The number of aromatic nitrogens is 2. The first-order valence-corrected chi connectivity index (χ1v) is 9.85. The summed E-state index contributed by atoms with van der Waals surface area (Å²) in [4.78, 5) is 29.5. The highest BCUT2D eigenvalue weighted by Crippen LogP contribution is 2.20. The minimum atomic E-state index is -0.621. The molecule has 0 bridgehead atoms. The number of amides is 2. The molecule has 7 nitrogen and oxygen atoms in total. The summed E-state index contributed by atoms with van der Waals surface area (Å²) in [5.41, 5.74) is 0. The van der Waals surface area contributed by atoms with Crippen molar-refractivity contribution in [1.82, 2.24) is 14.7 Å². The number of hydrogen-bond acceptors (Lipinski definition) is 6. The van der Waals surface area contributed by atoms with Gasteiger partial charge in [0.05, 0.1) is 6.10 Å². The molecular formula is C15H26N4O3S2. The van der Waals surface area contributed by atoms with Crippen LogP contribution >= 0.6 is 23.1 Å². The minimum Gasteiger partial charge on any atom is -0.445 e. The Balaban J connectivity index is 2.93. The quantitative estimate of drug-likeness (QED) is 0.538. The van der Waals surface area contributed by atoms with Gasteiger partial charge in [0, 0.05) is 19.8 Å². The van der Waals surface area contributed by atoms with Gasteiger partial charge in [-0.15, -0.1) is 9.78 Å². The number of ether oxygens (including phenoxy) is 1.